The van der Waals surface area contributed by atoms with Crippen LogP contribution in [0.1, 0.15) is 24.8 Å². The fraction of sp³-hybridized carbons (Fsp3) is 0.583. The molecular formula is C12H19N5O. The number of carbonyl (C=O) groups is 1. The van der Waals surface area contributed by atoms with Crippen LogP contribution in [0.5, 0.6) is 0 Å². The van der Waals surface area contributed by atoms with Gasteiger partial charge < -0.3 is 16.0 Å². The van der Waals surface area contributed by atoms with Gasteiger partial charge in [0.25, 0.3) is 0 Å². The number of hydrogen-bond donors (Lipinski definition) is 2. The maximum absolute atomic E-state index is 11.9. The molecule has 0 radical (unpaired) electrons. The van der Waals surface area contributed by atoms with Gasteiger partial charge in [-0.2, -0.15) is 4.98 Å². The van der Waals surface area contributed by atoms with Gasteiger partial charge in [-0.15, -0.1) is 0 Å². The van der Waals surface area contributed by atoms with E-state index >= 15 is 0 Å². The van der Waals surface area contributed by atoms with Crippen LogP contribution in [0.25, 0.3) is 0 Å². The molecule has 98 valence electrons. The first kappa shape index (κ1) is 12.6. The Hall–Kier alpha value is -1.85. The molecule has 1 aliphatic rings. The average Bonchev–Trinajstić information content (AvgIpc) is 2.40. The van der Waals surface area contributed by atoms with Gasteiger partial charge in [0.2, 0.25) is 11.9 Å². The van der Waals surface area contributed by atoms with E-state index in [-0.39, 0.29) is 17.9 Å². The highest BCUT2D eigenvalue weighted by Gasteiger charge is 2.29. The lowest BCUT2D eigenvalue weighted by atomic mass is 10.0. The van der Waals surface area contributed by atoms with Crippen molar-refractivity contribution in [3.63, 3.8) is 0 Å². The number of hydrogen-bond acceptors (Lipinski definition) is 5. The molecule has 1 saturated heterocycles. The summed E-state index contributed by atoms with van der Waals surface area (Å²) >= 11 is 0. The minimum atomic E-state index is -0.156. The molecule has 0 saturated carbocycles. The third-order valence-electron chi connectivity index (χ3n) is 3.29. The number of piperidine rings is 1. The quantitative estimate of drug-likeness (QED) is 0.796. The van der Waals surface area contributed by atoms with E-state index in [0.29, 0.717) is 0 Å². The number of nitrogens with one attached hydrogen (secondary N) is 1. The van der Waals surface area contributed by atoms with E-state index in [1.165, 1.54) is 0 Å². The second kappa shape index (κ2) is 5.20. The summed E-state index contributed by atoms with van der Waals surface area (Å²) in [6, 6.07) is -0.156. The molecular weight excluding hydrogens is 230 g/mol. The Kier molecular flexibility index (Phi) is 3.64. The third-order valence-corrected chi connectivity index (χ3v) is 3.29. The van der Waals surface area contributed by atoms with Crippen molar-refractivity contribution in [1.29, 1.82) is 0 Å². The molecule has 0 spiro atoms. The van der Waals surface area contributed by atoms with E-state index in [9.17, 15) is 4.79 Å². The maximum Gasteiger partial charge on any atom is 0.242 e. The lowest BCUT2D eigenvalue weighted by Gasteiger charge is -2.36. The topological polar surface area (TPSA) is 84.1 Å². The lowest BCUT2D eigenvalue weighted by Crippen LogP contribution is -2.49. The van der Waals surface area contributed by atoms with Crippen molar-refractivity contribution in [2.45, 2.75) is 32.2 Å². The maximum atomic E-state index is 11.9. The molecule has 0 aromatic carbocycles. The largest absolute Gasteiger partial charge is 0.368 e. The molecule has 1 atom stereocenters. The van der Waals surface area contributed by atoms with E-state index in [4.69, 9.17) is 5.73 Å². The highest BCUT2D eigenvalue weighted by atomic mass is 16.2. The molecule has 0 aliphatic carbocycles. The Labute approximate surface area is 107 Å². The Morgan fingerprint density at radius 1 is 1.56 bits per heavy atom. The highest BCUT2D eigenvalue weighted by Crippen LogP contribution is 2.26. The van der Waals surface area contributed by atoms with Crippen LogP contribution in [0.3, 0.4) is 0 Å². The van der Waals surface area contributed by atoms with Crippen LogP contribution in [0.4, 0.5) is 11.8 Å². The van der Waals surface area contributed by atoms with Crippen molar-refractivity contribution in [2.24, 2.45) is 0 Å². The molecule has 1 fully saturated rings. The summed E-state index contributed by atoms with van der Waals surface area (Å²) < 4.78 is 0. The van der Waals surface area contributed by atoms with Gasteiger partial charge in [0.1, 0.15) is 11.9 Å². The summed E-state index contributed by atoms with van der Waals surface area (Å²) in [5.41, 5.74) is 6.58. The number of rotatable bonds is 2. The minimum absolute atomic E-state index is 0.0336. The normalized spacial score (nSPS) is 19.7. The predicted octanol–water partition coefficient (Wildman–Crippen LogP) is 0.472. The van der Waals surface area contributed by atoms with E-state index in [2.05, 4.69) is 15.3 Å². The highest BCUT2D eigenvalue weighted by molar-refractivity contribution is 5.85. The van der Waals surface area contributed by atoms with E-state index < -0.39 is 0 Å². The van der Waals surface area contributed by atoms with Gasteiger partial charge in [-0.3, -0.25) is 4.79 Å². The zero-order valence-electron chi connectivity index (χ0n) is 10.8. The van der Waals surface area contributed by atoms with Crippen molar-refractivity contribution < 1.29 is 4.79 Å². The van der Waals surface area contributed by atoms with E-state index in [1.54, 1.807) is 13.2 Å². The second-order valence-electron chi connectivity index (χ2n) is 4.55. The number of nitrogen functional groups attached to an aromatic ring is 1. The van der Waals surface area contributed by atoms with Crippen molar-refractivity contribution in [3.8, 4) is 0 Å². The van der Waals surface area contributed by atoms with Crippen molar-refractivity contribution in [2.75, 3.05) is 24.2 Å². The molecule has 1 unspecified atom stereocenters. The van der Waals surface area contributed by atoms with Gasteiger partial charge in [-0.25, -0.2) is 4.98 Å². The Bertz CT molecular complexity index is 448. The number of anilines is 2. The zero-order valence-corrected chi connectivity index (χ0v) is 10.8. The van der Waals surface area contributed by atoms with Crippen molar-refractivity contribution >= 4 is 17.7 Å². The van der Waals surface area contributed by atoms with Crippen LogP contribution in [-0.2, 0) is 4.79 Å². The first-order valence-electron chi connectivity index (χ1n) is 6.21. The fourth-order valence-corrected chi connectivity index (χ4v) is 2.36. The molecule has 2 heterocycles. The molecule has 2 rings (SSSR count). The summed E-state index contributed by atoms with van der Waals surface area (Å²) in [5, 5.41) is 2.71. The van der Waals surface area contributed by atoms with Crippen molar-refractivity contribution in [1.82, 2.24) is 15.3 Å². The van der Waals surface area contributed by atoms with E-state index in [0.717, 1.165) is 37.2 Å². The molecule has 6 heteroatoms. The van der Waals surface area contributed by atoms with Gasteiger partial charge in [-0.1, -0.05) is 0 Å². The van der Waals surface area contributed by atoms with Gasteiger partial charge in [0.05, 0.1) is 0 Å². The third kappa shape index (κ3) is 2.37. The van der Waals surface area contributed by atoms with Crippen LogP contribution >= 0.6 is 0 Å². The number of aryl methyl sites for hydroxylation is 1. The van der Waals surface area contributed by atoms with Crippen LogP contribution in [-0.4, -0.2) is 35.5 Å². The van der Waals surface area contributed by atoms with Gasteiger partial charge >= 0.3 is 0 Å². The molecule has 0 bridgehead atoms. The first-order valence-corrected chi connectivity index (χ1v) is 6.21. The van der Waals surface area contributed by atoms with Gasteiger partial charge in [0, 0.05) is 25.4 Å². The number of nitrogens with zero attached hydrogens (tertiary/aromatic N) is 3. The molecule has 18 heavy (non-hydrogen) atoms. The summed E-state index contributed by atoms with van der Waals surface area (Å²) in [5.74, 6) is 1.05. The molecule has 6 nitrogen and oxygen atoms in total. The summed E-state index contributed by atoms with van der Waals surface area (Å²) in [7, 11) is 1.66. The molecule has 1 aromatic heterocycles. The molecule has 1 aromatic rings. The SMILES string of the molecule is CNC(=O)C1CCCCN1c1nc(N)ncc1C. The monoisotopic (exact) mass is 249 g/mol. The number of nitrogens with two attached hydrogens (primary N) is 1. The van der Waals surface area contributed by atoms with Crippen LogP contribution in [0.2, 0.25) is 0 Å². The minimum Gasteiger partial charge on any atom is -0.368 e. The number of carbonyl (C=O) groups excluding carboxylic acids is 1. The summed E-state index contributed by atoms with van der Waals surface area (Å²) in [4.78, 5) is 22.2. The first-order chi connectivity index (χ1) is 8.63. The smallest absolute Gasteiger partial charge is 0.242 e. The second-order valence-corrected chi connectivity index (χ2v) is 4.55. The van der Waals surface area contributed by atoms with E-state index in [1.807, 2.05) is 11.8 Å². The average molecular weight is 249 g/mol. The molecule has 3 N–H and O–H groups in total. The Balaban J connectivity index is 2.33. The van der Waals surface area contributed by atoms with Crippen molar-refractivity contribution in [3.05, 3.63) is 11.8 Å². The Morgan fingerprint density at radius 2 is 2.33 bits per heavy atom. The molecule has 1 aliphatic heterocycles. The number of aromatic nitrogens is 2. The van der Waals surface area contributed by atoms with Crippen LogP contribution in [0, 0.1) is 6.92 Å². The summed E-state index contributed by atoms with van der Waals surface area (Å²) in [6.07, 6.45) is 4.68. The van der Waals surface area contributed by atoms with Crippen LogP contribution in [0.15, 0.2) is 6.20 Å². The Morgan fingerprint density at radius 3 is 3.06 bits per heavy atom. The lowest BCUT2D eigenvalue weighted by molar-refractivity contribution is -0.122. The van der Waals surface area contributed by atoms with Gasteiger partial charge in [0.15, 0.2) is 0 Å². The molecule has 1 amide bonds. The standard InChI is InChI=1S/C12H19N5O/c1-8-7-15-12(13)16-10(8)17-6-4-3-5-9(17)11(18)14-2/h7,9H,3-6H2,1-2H3,(H,14,18)(H2,13,15,16). The zero-order chi connectivity index (χ0) is 13.1. The summed E-state index contributed by atoms with van der Waals surface area (Å²) in [6.45, 7) is 2.76. The number of amides is 1. The number of likely N-dealkylation sites (N-methyl/N-ethyl adjacent to an activating group) is 1. The predicted molar refractivity (Wildman–Crippen MR) is 70.2 cm³/mol. The van der Waals surface area contributed by atoms with Gasteiger partial charge in [-0.05, 0) is 26.2 Å². The fourth-order valence-electron chi connectivity index (χ4n) is 2.36. The van der Waals surface area contributed by atoms with Crippen LogP contribution < -0.4 is 16.0 Å².